The van der Waals surface area contributed by atoms with Gasteiger partial charge >= 0.3 is 0 Å². The summed E-state index contributed by atoms with van der Waals surface area (Å²) in [6.07, 6.45) is 0. The minimum absolute atomic E-state index is 0.105. The molecule has 0 atom stereocenters. The molecule has 1 aromatic carbocycles. The van der Waals surface area contributed by atoms with Crippen LogP contribution in [0, 0.1) is 10.1 Å². The third kappa shape index (κ3) is 2.54. The standard InChI is InChI=1S/C14H20N5O3/c20-18(21)13-1-3-14(4-2-13)22-6-5-19-10-15-7-16(11-19)9-17(8-15)12-19/h1-4H,5-12H2/q+1/p+3. The molecule has 0 radical (unpaired) electrons. The van der Waals surface area contributed by atoms with Gasteiger partial charge in [0.05, 0.1) is 4.92 Å². The third-order valence-electron chi connectivity index (χ3n) is 5.06. The SMILES string of the molecule is O=[N+]([O-])c1ccc(OCC[N+]23C[NH+]4C[NH+](C[NH+](C4)C2)C3)cc1. The van der Waals surface area contributed by atoms with E-state index >= 15 is 0 Å². The minimum Gasteiger partial charge on any atom is -0.488 e. The molecule has 3 N–H and O–H groups in total. The van der Waals surface area contributed by atoms with Gasteiger partial charge in [0.2, 0.25) is 40.0 Å². The van der Waals surface area contributed by atoms with Crippen molar-refractivity contribution in [1.82, 2.24) is 0 Å². The van der Waals surface area contributed by atoms with Gasteiger partial charge in [-0.05, 0) is 12.1 Å². The summed E-state index contributed by atoms with van der Waals surface area (Å²) in [5.41, 5.74) is 0.105. The van der Waals surface area contributed by atoms with Crippen LogP contribution in [0.25, 0.3) is 0 Å². The Labute approximate surface area is 128 Å². The van der Waals surface area contributed by atoms with E-state index in [0.717, 1.165) is 11.0 Å². The maximum Gasteiger partial charge on any atom is 0.269 e. The molecule has 5 rings (SSSR count). The second-order valence-electron chi connectivity index (χ2n) is 6.92. The summed E-state index contributed by atoms with van der Waals surface area (Å²) in [6.45, 7) is 9.16. The second kappa shape index (κ2) is 5.17. The Bertz CT molecular complexity index is 541. The number of nitro groups is 1. The van der Waals surface area contributed by atoms with Gasteiger partial charge < -0.3 is 4.74 Å². The molecule has 0 unspecified atom stereocenters. The van der Waals surface area contributed by atoms with Crippen LogP contribution in [0.5, 0.6) is 5.75 Å². The van der Waals surface area contributed by atoms with Crippen molar-refractivity contribution in [2.45, 2.75) is 0 Å². The number of hydrogen-bond acceptors (Lipinski definition) is 3. The molecule has 8 nitrogen and oxygen atoms in total. The van der Waals surface area contributed by atoms with Crippen LogP contribution in [-0.2, 0) is 0 Å². The molecule has 0 amide bonds. The summed E-state index contributed by atoms with van der Waals surface area (Å²) in [5.74, 6) is 0.715. The summed E-state index contributed by atoms with van der Waals surface area (Å²) in [5, 5.41) is 10.6. The molecule has 4 fully saturated rings. The molecule has 4 bridgehead atoms. The first-order chi connectivity index (χ1) is 10.6. The molecular formula is C14H23N5O3+4. The van der Waals surface area contributed by atoms with E-state index in [-0.39, 0.29) is 10.6 Å². The molecule has 118 valence electrons. The monoisotopic (exact) mass is 309 g/mol. The van der Waals surface area contributed by atoms with E-state index in [0.29, 0.717) is 12.4 Å². The Morgan fingerprint density at radius 2 is 1.59 bits per heavy atom. The average molecular weight is 309 g/mol. The van der Waals surface area contributed by atoms with Crippen LogP contribution in [0.2, 0.25) is 0 Å². The van der Waals surface area contributed by atoms with E-state index in [1.807, 2.05) is 0 Å². The number of non-ortho nitro benzene ring substituents is 1. The fraction of sp³-hybridized carbons (Fsp3) is 0.571. The predicted octanol–water partition coefficient (Wildman–Crippen LogP) is -3.77. The smallest absolute Gasteiger partial charge is 0.269 e. The zero-order valence-corrected chi connectivity index (χ0v) is 12.6. The van der Waals surface area contributed by atoms with Crippen LogP contribution in [0.4, 0.5) is 5.69 Å². The molecule has 4 heterocycles. The normalized spacial score (nSPS) is 35.5. The maximum atomic E-state index is 10.6. The number of quaternary nitrogens is 4. The molecule has 22 heavy (non-hydrogen) atoms. The minimum atomic E-state index is -0.387. The summed E-state index contributed by atoms with van der Waals surface area (Å²) in [6, 6.07) is 6.36. The fourth-order valence-corrected chi connectivity index (χ4v) is 4.43. The second-order valence-corrected chi connectivity index (χ2v) is 6.92. The first-order valence-corrected chi connectivity index (χ1v) is 7.85. The summed E-state index contributed by atoms with van der Waals surface area (Å²) in [4.78, 5) is 15.4. The fourth-order valence-electron chi connectivity index (χ4n) is 4.43. The van der Waals surface area contributed by atoms with Gasteiger partial charge in [-0.1, -0.05) is 0 Å². The first kappa shape index (κ1) is 13.9. The number of ether oxygens (including phenoxy) is 1. The van der Waals surface area contributed by atoms with Crippen molar-refractivity contribution in [2.24, 2.45) is 0 Å². The van der Waals surface area contributed by atoms with Crippen LogP contribution in [0.3, 0.4) is 0 Å². The van der Waals surface area contributed by atoms with Gasteiger partial charge in [-0.2, -0.15) is 19.2 Å². The number of nitrogens with one attached hydrogen (secondary N) is 3. The molecular weight excluding hydrogens is 286 g/mol. The number of nitrogens with zero attached hydrogens (tertiary/aromatic N) is 2. The van der Waals surface area contributed by atoms with Crippen molar-refractivity contribution in [1.29, 1.82) is 0 Å². The van der Waals surface area contributed by atoms with E-state index < -0.39 is 0 Å². The van der Waals surface area contributed by atoms with Crippen molar-refractivity contribution in [3.63, 3.8) is 0 Å². The topological polar surface area (TPSA) is 65.7 Å². The van der Waals surface area contributed by atoms with Gasteiger partial charge in [-0.25, -0.2) is 0 Å². The molecule has 1 aromatic rings. The Balaban J connectivity index is 1.34. The summed E-state index contributed by atoms with van der Waals surface area (Å²) in [7, 11) is 0. The van der Waals surface area contributed by atoms with Crippen LogP contribution in [-0.4, -0.2) is 62.6 Å². The molecule has 0 saturated carbocycles. The summed E-state index contributed by atoms with van der Waals surface area (Å²) >= 11 is 0. The van der Waals surface area contributed by atoms with Crippen molar-refractivity contribution in [3.8, 4) is 5.75 Å². The number of nitro benzene ring substituents is 1. The van der Waals surface area contributed by atoms with Crippen molar-refractivity contribution in [2.75, 3.05) is 53.2 Å². The Hall–Kier alpha value is -1.74. The molecule has 4 aliphatic rings. The van der Waals surface area contributed by atoms with Crippen molar-refractivity contribution < 1.29 is 28.8 Å². The average Bonchev–Trinajstić information content (AvgIpc) is 2.46. The number of hydrogen-bond donors (Lipinski definition) is 3. The Morgan fingerprint density at radius 3 is 2.09 bits per heavy atom. The molecule has 4 saturated heterocycles. The van der Waals surface area contributed by atoms with Crippen LogP contribution in [0.1, 0.15) is 0 Å². The number of rotatable bonds is 5. The Kier molecular flexibility index (Phi) is 3.26. The van der Waals surface area contributed by atoms with Crippen LogP contribution >= 0.6 is 0 Å². The molecule has 0 aliphatic carbocycles. The zero-order valence-electron chi connectivity index (χ0n) is 12.6. The largest absolute Gasteiger partial charge is 0.488 e. The highest BCUT2D eigenvalue weighted by Gasteiger charge is 2.56. The van der Waals surface area contributed by atoms with Gasteiger partial charge in [0.15, 0.2) is 0 Å². The number of benzene rings is 1. The van der Waals surface area contributed by atoms with Crippen LogP contribution in [0.15, 0.2) is 24.3 Å². The van der Waals surface area contributed by atoms with Crippen molar-refractivity contribution in [3.05, 3.63) is 34.4 Å². The van der Waals surface area contributed by atoms with Gasteiger partial charge in [0.25, 0.3) is 5.69 Å². The van der Waals surface area contributed by atoms with E-state index in [2.05, 4.69) is 0 Å². The van der Waals surface area contributed by atoms with Gasteiger partial charge in [0, 0.05) is 12.1 Å². The lowest BCUT2D eigenvalue weighted by molar-refractivity contribution is -1.43. The lowest BCUT2D eigenvalue weighted by Crippen LogP contribution is -3.57. The van der Waals surface area contributed by atoms with Crippen LogP contribution < -0.4 is 19.4 Å². The molecule has 8 heteroatoms. The zero-order chi connectivity index (χ0) is 15.2. The van der Waals surface area contributed by atoms with E-state index in [1.165, 1.54) is 52.1 Å². The third-order valence-corrected chi connectivity index (χ3v) is 5.06. The first-order valence-electron chi connectivity index (χ1n) is 7.85. The maximum absolute atomic E-state index is 10.6. The Morgan fingerprint density at radius 1 is 1.05 bits per heavy atom. The molecule has 0 spiro atoms. The van der Waals surface area contributed by atoms with E-state index in [1.54, 1.807) is 26.8 Å². The van der Waals surface area contributed by atoms with E-state index in [4.69, 9.17) is 4.74 Å². The van der Waals surface area contributed by atoms with Gasteiger partial charge in [-0.15, -0.1) is 0 Å². The lowest BCUT2D eigenvalue weighted by Gasteiger charge is -2.52. The highest BCUT2D eigenvalue weighted by Crippen LogP contribution is 2.17. The van der Waals surface area contributed by atoms with Crippen molar-refractivity contribution >= 4 is 5.69 Å². The van der Waals surface area contributed by atoms with Gasteiger partial charge in [0.1, 0.15) is 18.9 Å². The quantitative estimate of drug-likeness (QED) is 0.297. The van der Waals surface area contributed by atoms with E-state index in [9.17, 15) is 10.1 Å². The molecule has 0 aromatic heterocycles. The molecule has 4 aliphatic heterocycles. The van der Waals surface area contributed by atoms with Gasteiger partial charge in [-0.3, -0.25) is 10.1 Å². The highest BCUT2D eigenvalue weighted by molar-refractivity contribution is 5.35. The summed E-state index contributed by atoms with van der Waals surface area (Å²) < 4.78 is 6.96. The predicted molar refractivity (Wildman–Crippen MR) is 75.8 cm³/mol. The lowest BCUT2D eigenvalue weighted by atomic mass is 10.3. The highest BCUT2D eigenvalue weighted by atomic mass is 16.6.